The first-order valence-corrected chi connectivity index (χ1v) is 49.0. The first-order chi connectivity index (χ1) is 56.6. The fraction of sp³-hybridized carbons (Fsp3) is 0.822. The maximum atomic E-state index is 13.9. The van der Waals surface area contributed by atoms with Crippen LogP contribution in [-0.4, -0.2) is 163 Å². The number of esters is 2. The Balaban J connectivity index is 3.09. The molecule has 680 valence electrons. The summed E-state index contributed by atoms with van der Waals surface area (Å²) in [7, 11) is -9.73. The van der Waals surface area contributed by atoms with Crippen molar-refractivity contribution in [1.29, 1.82) is 0 Å². The van der Waals surface area contributed by atoms with Crippen molar-refractivity contribution in [3.05, 3.63) is 53.6 Å². The second-order valence-electron chi connectivity index (χ2n) is 31.7. The largest absolute Gasteiger partial charge is 0.508 e. The number of ether oxygens (including phenoxy) is 4. The van der Waals surface area contributed by atoms with Gasteiger partial charge < -0.3 is 65.3 Å². The maximum Gasteiger partial charge on any atom is 0.472 e. The predicted molar refractivity (Wildman–Crippen MR) is 466 cm³/mol. The van der Waals surface area contributed by atoms with Crippen LogP contribution < -0.4 is 21.3 Å². The molecule has 0 spiro atoms. The highest BCUT2D eigenvalue weighted by molar-refractivity contribution is 7.47. The van der Waals surface area contributed by atoms with E-state index in [4.69, 9.17) is 37.0 Å². The van der Waals surface area contributed by atoms with Gasteiger partial charge in [0.1, 0.15) is 18.0 Å². The van der Waals surface area contributed by atoms with Gasteiger partial charge in [-0.2, -0.15) is 0 Å². The molecule has 4 unspecified atom stereocenters. The Labute approximate surface area is 706 Å². The summed E-state index contributed by atoms with van der Waals surface area (Å²) in [5.74, 6) is -3.81. The van der Waals surface area contributed by atoms with Gasteiger partial charge in [0.15, 0.2) is 0 Å². The van der Waals surface area contributed by atoms with Crippen LogP contribution >= 0.6 is 15.6 Å². The number of unbranched alkanes of at least 4 members (excludes halogenated alkanes) is 34. The van der Waals surface area contributed by atoms with Crippen molar-refractivity contribution in [2.75, 3.05) is 65.9 Å². The van der Waals surface area contributed by atoms with E-state index >= 15 is 0 Å². The second-order valence-corrected chi connectivity index (χ2v) is 34.6. The van der Waals surface area contributed by atoms with Crippen LogP contribution in [0.3, 0.4) is 0 Å². The molecule has 0 aliphatic rings. The average Bonchev–Trinajstić information content (AvgIpc) is 0.840. The van der Waals surface area contributed by atoms with E-state index in [1.54, 1.807) is 0 Å². The Kier molecular flexibility index (Phi) is 72.0. The molecule has 0 aliphatic heterocycles. The van der Waals surface area contributed by atoms with Crippen LogP contribution in [0.4, 0.5) is 0 Å². The van der Waals surface area contributed by atoms with Gasteiger partial charge in [-0.05, 0) is 121 Å². The molecule has 0 heterocycles. The first kappa shape index (κ1) is 110. The molecule has 1 aromatic rings. The molecule has 1 aromatic carbocycles. The Bertz CT molecular complexity index is 2620. The lowest BCUT2D eigenvalue weighted by molar-refractivity contribution is -0.152. The third kappa shape index (κ3) is 68.6. The van der Waals surface area contributed by atoms with Gasteiger partial charge in [0, 0.05) is 50.3 Å². The van der Waals surface area contributed by atoms with E-state index in [0.29, 0.717) is 51.4 Å². The molecular formula is C90H164N4O21P2. The summed E-state index contributed by atoms with van der Waals surface area (Å²) in [6, 6.07) is 1.39. The quantitative estimate of drug-likeness (QED) is 0.0127. The molecule has 0 fully saturated rings. The summed E-state index contributed by atoms with van der Waals surface area (Å²) < 4.78 is 71.6. The number of rotatable bonds is 84. The third-order valence-electron chi connectivity index (χ3n) is 20.4. The molecule has 25 nitrogen and oxygen atoms in total. The lowest BCUT2D eigenvalue weighted by Gasteiger charge is -2.23. The fourth-order valence-corrected chi connectivity index (χ4v) is 14.9. The van der Waals surface area contributed by atoms with E-state index in [9.17, 15) is 63.0 Å². The molecule has 9 N–H and O–H groups in total. The summed E-state index contributed by atoms with van der Waals surface area (Å²) in [5, 5.41) is 42.6. The Morgan fingerprint density at radius 2 is 0.667 bits per heavy atom. The molecule has 117 heavy (non-hydrogen) atoms. The number of aliphatic hydroxyl groups excluding tert-OH is 2. The number of hydrogen-bond donors (Lipinski definition) is 9. The molecule has 27 heteroatoms. The normalized spacial score (nSPS) is 14.3. The number of phosphoric acid groups is 2. The molecule has 0 saturated carbocycles. The van der Waals surface area contributed by atoms with E-state index in [1.165, 1.54) is 96.0 Å². The van der Waals surface area contributed by atoms with Gasteiger partial charge in [0.2, 0.25) is 11.8 Å². The summed E-state index contributed by atoms with van der Waals surface area (Å²) in [6.45, 7) is 10.1. The van der Waals surface area contributed by atoms with E-state index in [0.717, 1.165) is 179 Å². The van der Waals surface area contributed by atoms with Gasteiger partial charge in [0.05, 0.1) is 76.8 Å². The van der Waals surface area contributed by atoms with Gasteiger partial charge in [-0.3, -0.25) is 46.9 Å². The van der Waals surface area contributed by atoms with Crippen LogP contribution in [-0.2, 0) is 65.4 Å². The SMILES string of the molecule is CCCCCC/C=C/CCCC(=O)O[C@H](CCCCCCCCCCC)CC(=O)NC(COCC[C@H](O)CCCCCCC)COP(=O)(O)OCCNC(=O)c1cc(O)cc(C(=O)NCCOP(=O)(O)OCC(COCC[C@H](O)CCCCCCC)NC(=O)C[C@@H](CCCCCCCCCCC)OC(=O)CCC/C=C/CCCCCC)c1. The monoisotopic (exact) mass is 1700 g/mol. The molecule has 0 aliphatic carbocycles. The molecular weight excluding hydrogens is 1530 g/mol. The summed E-state index contributed by atoms with van der Waals surface area (Å²) >= 11 is 0. The van der Waals surface area contributed by atoms with Crippen molar-refractivity contribution >= 4 is 51.2 Å². The maximum absolute atomic E-state index is 13.9. The fourth-order valence-electron chi connectivity index (χ4n) is 13.4. The summed E-state index contributed by atoms with van der Waals surface area (Å²) in [5.41, 5.74) is -0.352. The van der Waals surface area contributed by atoms with Crippen LogP contribution in [0.15, 0.2) is 42.5 Å². The predicted octanol–water partition coefficient (Wildman–Crippen LogP) is 20.2. The first-order valence-electron chi connectivity index (χ1n) is 46.0. The van der Waals surface area contributed by atoms with Crippen LogP contribution in [0.5, 0.6) is 5.75 Å². The van der Waals surface area contributed by atoms with E-state index in [1.807, 2.05) is 0 Å². The lowest BCUT2D eigenvalue weighted by Crippen LogP contribution is -2.43. The van der Waals surface area contributed by atoms with Crippen molar-refractivity contribution in [3.63, 3.8) is 0 Å². The van der Waals surface area contributed by atoms with Gasteiger partial charge in [0.25, 0.3) is 11.8 Å². The number of carbonyl (C=O) groups is 6. The minimum Gasteiger partial charge on any atom is -0.508 e. The zero-order chi connectivity index (χ0) is 85.9. The lowest BCUT2D eigenvalue weighted by atomic mass is 10.0. The van der Waals surface area contributed by atoms with Gasteiger partial charge in [-0.25, -0.2) is 9.13 Å². The Morgan fingerprint density at radius 1 is 0.368 bits per heavy atom. The van der Waals surface area contributed by atoms with Gasteiger partial charge in [-0.15, -0.1) is 0 Å². The highest BCUT2D eigenvalue weighted by atomic mass is 31.2. The van der Waals surface area contributed by atoms with E-state index < -0.39 is 108 Å². The highest BCUT2D eigenvalue weighted by Crippen LogP contribution is 2.44. The van der Waals surface area contributed by atoms with Crippen LogP contribution in [0, 0.1) is 0 Å². The minimum absolute atomic E-state index is 0.133. The summed E-state index contributed by atoms with van der Waals surface area (Å²) in [6.07, 6.45) is 53.1. The number of phenolic OH excluding ortho intramolecular Hbond substituents is 1. The molecule has 0 aromatic heterocycles. The zero-order valence-electron chi connectivity index (χ0n) is 73.5. The van der Waals surface area contributed by atoms with Crippen molar-refractivity contribution in [3.8, 4) is 5.75 Å². The number of allylic oxidation sites excluding steroid dienone is 4. The molecule has 4 amide bonds. The third-order valence-corrected chi connectivity index (χ3v) is 22.4. The van der Waals surface area contributed by atoms with Gasteiger partial charge in [-0.1, -0.05) is 271 Å². The number of aromatic hydroxyl groups is 1. The second kappa shape index (κ2) is 76.3. The van der Waals surface area contributed by atoms with Crippen LogP contribution in [0.1, 0.15) is 396 Å². The molecule has 0 radical (unpaired) electrons. The van der Waals surface area contributed by atoms with Crippen LogP contribution in [0.25, 0.3) is 0 Å². The summed E-state index contributed by atoms with van der Waals surface area (Å²) in [4.78, 5) is 103. The molecule has 8 atom stereocenters. The molecule has 0 saturated heterocycles. The minimum atomic E-state index is -4.86. The number of carbonyl (C=O) groups excluding carboxylic acids is 6. The number of hydrogen-bond acceptors (Lipinski definition) is 19. The molecule has 0 bridgehead atoms. The number of nitrogens with one attached hydrogen (secondary N) is 4. The highest BCUT2D eigenvalue weighted by Gasteiger charge is 2.29. The Morgan fingerprint density at radius 3 is 1.00 bits per heavy atom. The van der Waals surface area contributed by atoms with E-state index in [-0.39, 0.29) is 88.3 Å². The van der Waals surface area contributed by atoms with Crippen molar-refractivity contribution in [2.24, 2.45) is 0 Å². The smallest absolute Gasteiger partial charge is 0.472 e. The molecule has 1 rings (SSSR count). The van der Waals surface area contributed by atoms with Crippen molar-refractivity contribution < 1.29 is 100 Å². The Hall–Kier alpha value is -4.62. The number of benzene rings is 1. The zero-order valence-corrected chi connectivity index (χ0v) is 75.3. The van der Waals surface area contributed by atoms with Crippen LogP contribution in [0.2, 0.25) is 0 Å². The standard InChI is InChI=1S/C90H164N4O21P2/c1-7-13-19-25-29-33-37-43-49-55-83(114-87(100)57-51-45-39-35-31-27-21-15-9-3)70-85(98)93-78(72-108-63-59-80(95)53-47-41-23-17-11-5)74-112-116(104,105)110-65-61-91-89(102)76-67-77(69-82(97)68-76)90(103)92-62-66-111-117(106,107)113-75-79(73-109-64-60-81(96)54-48-42-24-18-12-6)94-86(99)71-84(56-50-44-38-34-30-26-20-14-8-2)115-88(101)58-52-46-40-36-32-28-22-16-10-4/h35-36,39-40,67-69,78-81,83-84,95-97H,7-34,37-38,41-66,70-75H2,1-6H3,(H,91,102)(H,92,103)(H,93,98)(H,94,99)(H,104,105)(H,106,107)/b39-35+,40-36+/t78?,79?,80-,81-,83-,84-/m1/s1. The van der Waals surface area contributed by atoms with Crippen molar-refractivity contribution in [2.45, 2.75) is 412 Å². The average molecular weight is 1700 g/mol. The number of aliphatic hydroxyl groups is 2. The van der Waals surface area contributed by atoms with Gasteiger partial charge >= 0.3 is 27.6 Å². The van der Waals surface area contributed by atoms with E-state index in [2.05, 4.69) is 87.1 Å². The topological polar surface area (TPSA) is 360 Å². The van der Waals surface area contributed by atoms with Crippen molar-refractivity contribution in [1.82, 2.24) is 21.3 Å². The number of phosphoric ester groups is 2. The number of phenols is 1. The number of amides is 4.